The zero-order valence-corrected chi connectivity index (χ0v) is 11.2. The third-order valence-corrected chi connectivity index (χ3v) is 3.31. The number of alkyl halides is 3. The quantitative estimate of drug-likeness (QED) is 0.732. The maximum Gasteiger partial charge on any atom is 0.416 e. The Balaban J connectivity index is 3.28. The average molecular weight is 269 g/mol. The van der Waals surface area contributed by atoms with E-state index in [1.54, 1.807) is 6.07 Å². The predicted octanol–water partition coefficient (Wildman–Crippen LogP) is 5.07. The van der Waals surface area contributed by atoms with Crippen LogP contribution < -0.4 is 0 Å². The summed E-state index contributed by atoms with van der Waals surface area (Å²) in [5, 5.41) is 9.45. The van der Waals surface area contributed by atoms with Crippen LogP contribution >= 0.6 is 0 Å². The Morgan fingerprint density at radius 2 is 1.58 bits per heavy atom. The standard InChI is InChI=1S/C15H18F3N/c1-3-8-14(11-19,9-4-2)12-6-5-7-13(10-12)15(16,17)18/h5-7,10H,3-4,8-9H2,1-2H3. The molecule has 19 heavy (non-hydrogen) atoms. The highest BCUT2D eigenvalue weighted by atomic mass is 19.4. The second kappa shape index (κ2) is 6.10. The maximum atomic E-state index is 12.7. The van der Waals surface area contributed by atoms with E-state index in [2.05, 4.69) is 6.07 Å². The molecule has 0 amide bonds. The van der Waals surface area contributed by atoms with E-state index in [4.69, 9.17) is 0 Å². The molecule has 0 aliphatic rings. The molecule has 0 bridgehead atoms. The van der Waals surface area contributed by atoms with Gasteiger partial charge in [0.2, 0.25) is 0 Å². The zero-order chi connectivity index (χ0) is 14.5. The molecule has 0 spiro atoms. The molecule has 0 aliphatic carbocycles. The molecule has 0 saturated heterocycles. The van der Waals surface area contributed by atoms with Crippen molar-refractivity contribution in [1.29, 1.82) is 5.26 Å². The van der Waals surface area contributed by atoms with Crippen molar-refractivity contribution in [2.75, 3.05) is 0 Å². The van der Waals surface area contributed by atoms with Crippen molar-refractivity contribution in [3.05, 3.63) is 35.4 Å². The minimum Gasteiger partial charge on any atom is -0.197 e. The lowest BCUT2D eigenvalue weighted by atomic mass is 9.74. The third-order valence-electron chi connectivity index (χ3n) is 3.31. The lowest BCUT2D eigenvalue weighted by Gasteiger charge is -2.27. The van der Waals surface area contributed by atoms with Crippen LogP contribution in [0.25, 0.3) is 0 Å². The molecule has 0 atom stereocenters. The van der Waals surface area contributed by atoms with Crippen molar-refractivity contribution in [3.63, 3.8) is 0 Å². The first-order valence-corrected chi connectivity index (χ1v) is 6.48. The smallest absolute Gasteiger partial charge is 0.197 e. The van der Waals surface area contributed by atoms with Crippen LogP contribution in [0.2, 0.25) is 0 Å². The van der Waals surface area contributed by atoms with Crippen molar-refractivity contribution in [2.24, 2.45) is 0 Å². The summed E-state index contributed by atoms with van der Waals surface area (Å²) in [4.78, 5) is 0. The van der Waals surface area contributed by atoms with Crippen LogP contribution in [0.4, 0.5) is 13.2 Å². The molecule has 104 valence electrons. The fourth-order valence-corrected chi connectivity index (χ4v) is 2.44. The van der Waals surface area contributed by atoms with Crippen LogP contribution in [0.3, 0.4) is 0 Å². The Kier molecular flexibility index (Phi) is 4.99. The van der Waals surface area contributed by atoms with Crippen molar-refractivity contribution >= 4 is 0 Å². The summed E-state index contributed by atoms with van der Waals surface area (Å²) in [6.07, 6.45) is -1.67. The molecule has 0 radical (unpaired) electrons. The Labute approximate surface area is 112 Å². The number of benzene rings is 1. The van der Waals surface area contributed by atoms with Crippen LogP contribution in [-0.4, -0.2) is 0 Å². The van der Waals surface area contributed by atoms with Gasteiger partial charge < -0.3 is 0 Å². The average Bonchev–Trinajstić information content (AvgIpc) is 2.37. The molecule has 0 aliphatic heterocycles. The van der Waals surface area contributed by atoms with Gasteiger partial charge in [-0.3, -0.25) is 0 Å². The number of nitriles is 1. The largest absolute Gasteiger partial charge is 0.416 e. The van der Waals surface area contributed by atoms with Gasteiger partial charge in [0.15, 0.2) is 0 Å². The Bertz CT molecular complexity index is 451. The van der Waals surface area contributed by atoms with Crippen LogP contribution in [0.5, 0.6) is 0 Å². The van der Waals surface area contributed by atoms with Crippen LogP contribution in [0, 0.1) is 11.3 Å². The topological polar surface area (TPSA) is 23.8 Å². The number of hydrogen-bond acceptors (Lipinski definition) is 1. The fourth-order valence-electron chi connectivity index (χ4n) is 2.44. The van der Waals surface area contributed by atoms with Crippen molar-refractivity contribution in [2.45, 2.75) is 51.1 Å². The highest BCUT2D eigenvalue weighted by molar-refractivity contribution is 5.36. The molecule has 1 aromatic rings. The van der Waals surface area contributed by atoms with Crippen molar-refractivity contribution in [3.8, 4) is 6.07 Å². The lowest BCUT2D eigenvalue weighted by Crippen LogP contribution is -2.24. The van der Waals surface area contributed by atoms with E-state index in [1.165, 1.54) is 6.07 Å². The fraction of sp³-hybridized carbons (Fsp3) is 0.533. The second-order valence-electron chi connectivity index (χ2n) is 4.77. The molecule has 0 N–H and O–H groups in total. The van der Waals surface area contributed by atoms with Gasteiger partial charge in [0.05, 0.1) is 17.0 Å². The minimum absolute atomic E-state index is 0.480. The summed E-state index contributed by atoms with van der Waals surface area (Å²) in [5.41, 5.74) is -1.00. The summed E-state index contributed by atoms with van der Waals surface area (Å²) < 4.78 is 38.2. The first kappa shape index (κ1) is 15.6. The maximum absolute atomic E-state index is 12.7. The SMILES string of the molecule is CCCC(C#N)(CCC)c1cccc(C(F)(F)F)c1. The molecule has 1 aromatic carbocycles. The third kappa shape index (κ3) is 3.50. The molecular weight excluding hydrogens is 251 g/mol. The normalized spacial score (nSPS) is 12.2. The van der Waals surface area contributed by atoms with E-state index in [1.807, 2.05) is 13.8 Å². The van der Waals surface area contributed by atoms with Gasteiger partial charge in [0.25, 0.3) is 0 Å². The van der Waals surface area contributed by atoms with E-state index >= 15 is 0 Å². The zero-order valence-electron chi connectivity index (χ0n) is 11.2. The number of halogens is 3. The number of hydrogen-bond donors (Lipinski definition) is 0. The van der Waals surface area contributed by atoms with Gasteiger partial charge in [-0.25, -0.2) is 0 Å². The van der Waals surface area contributed by atoms with Gasteiger partial charge in [-0.15, -0.1) is 0 Å². The summed E-state index contributed by atoms with van der Waals surface area (Å²) in [6, 6.07) is 7.42. The van der Waals surface area contributed by atoms with E-state index < -0.39 is 17.2 Å². The molecule has 4 heteroatoms. The lowest BCUT2D eigenvalue weighted by molar-refractivity contribution is -0.137. The van der Waals surface area contributed by atoms with Gasteiger partial charge in [-0.2, -0.15) is 18.4 Å². The van der Waals surface area contributed by atoms with Crippen molar-refractivity contribution < 1.29 is 13.2 Å². The van der Waals surface area contributed by atoms with E-state index in [-0.39, 0.29) is 0 Å². The van der Waals surface area contributed by atoms with Gasteiger partial charge in [-0.1, -0.05) is 44.9 Å². The molecule has 1 nitrogen and oxygen atoms in total. The Hall–Kier alpha value is -1.50. The van der Waals surface area contributed by atoms with E-state index in [0.29, 0.717) is 18.4 Å². The van der Waals surface area contributed by atoms with Gasteiger partial charge in [0, 0.05) is 0 Å². The molecule has 0 saturated carbocycles. The van der Waals surface area contributed by atoms with Crippen LogP contribution in [0.1, 0.15) is 50.7 Å². The molecule has 0 fully saturated rings. The summed E-state index contributed by atoms with van der Waals surface area (Å²) in [7, 11) is 0. The number of nitrogens with zero attached hydrogens (tertiary/aromatic N) is 1. The number of rotatable bonds is 5. The van der Waals surface area contributed by atoms with Crippen LogP contribution in [-0.2, 0) is 11.6 Å². The monoisotopic (exact) mass is 269 g/mol. The second-order valence-corrected chi connectivity index (χ2v) is 4.77. The highest BCUT2D eigenvalue weighted by Crippen LogP contribution is 2.37. The van der Waals surface area contributed by atoms with E-state index in [0.717, 1.165) is 25.0 Å². The highest BCUT2D eigenvalue weighted by Gasteiger charge is 2.35. The van der Waals surface area contributed by atoms with Gasteiger partial charge in [0.1, 0.15) is 0 Å². The van der Waals surface area contributed by atoms with E-state index in [9.17, 15) is 18.4 Å². The molecule has 0 unspecified atom stereocenters. The summed E-state index contributed by atoms with van der Waals surface area (Å²) in [5.74, 6) is 0. The molecule has 0 aromatic heterocycles. The Morgan fingerprint density at radius 3 is 2.00 bits per heavy atom. The predicted molar refractivity (Wildman–Crippen MR) is 68.6 cm³/mol. The van der Waals surface area contributed by atoms with Gasteiger partial charge in [-0.05, 0) is 24.5 Å². The van der Waals surface area contributed by atoms with Crippen molar-refractivity contribution in [1.82, 2.24) is 0 Å². The first-order valence-electron chi connectivity index (χ1n) is 6.48. The Morgan fingerprint density at radius 1 is 1.05 bits per heavy atom. The summed E-state index contributed by atoms with van der Waals surface area (Å²) in [6.45, 7) is 3.88. The van der Waals surface area contributed by atoms with Gasteiger partial charge >= 0.3 is 6.18 Å². The molecule has 0 heterocycles. The minimum atomic E-state index is -4.37. The molecule has 1 rings (SSSR count). The summed E-state index contributed by atoms with van der Waals surface area (Å²) >= 11 is 0. The molecular formula is C15H18F3N. The first-order chi connectivity index (χ1) is 8.89. The van der Waals surface area contributed by atoms with Crippen LogP contribution in [0.15, 0.2) is 24.3 Å².